The van der Waals surface area contributed by atoms with Crippen LogP contribution in [0.25, 0.3) is 0 Å². The zero-order valence-corrected chi connectivity index (χ0v) is 14.3. The quantitative estimate of drug-likeness (QED) is 0.789. The minimum atomic E-state index is 0.858. The third kappa shape index (κ3) is 3.88. The van der Waals surface area contributed by atoms with Crippen LogP contribution in [-0.2, 0) is 6.54 Å². The molecule has 1 aliphatic heterocycles. The van der Waals surface area contributed by atoms with Gasteiger partial charge in [0.05, 0.1) is 5.71 Å². The first-order chi connectivity index (χ1) is 10.7. The Morgan fingerprint density at radius 2 is 1.91 bits per heavy atom. The predicted octanol–water partition coefficient (Wildman–Crippen LogP) is 3.94. The molecule has 0 radical (unpaired) electrons. The van der Waals surface area contributed by atoms with E-state index in [2.05, 4.69) is 40.4 Å². The molecule has 116 valence electrons. The molecule has 0 atom stereocenters. The molecule has 0 spiro atoms. The van der Waals surface area contributed by atoms with E-state index in [0.717, 1.165) is 43.5 Å². The van der Waals surface area contributed by atoms with Gasteiger partial charge < -0.3 is 0 Å². The molecule has 1 aromatic heterocycles. The van der Waals surface area contributed by atoms with E-state index in [4.69, 9.17) is 16.7 Å². The molecule has 5 heteroatoms. The van der Waals surface area contributed by atoms with Crippen LogP contribution in [0.15, 0.2) is 46.9 Å². The number of thiophene rings is 1. The summed E-state index contributed by atoms with van der Waals surface area (Å²) >= 11 is 7.98. The Balaban J connectivity index is 1.54. The fourth-order valence-corrected chi connectivity index (χ4v) is 3.48. The van der Waals surface area contributed by atoms with Gasteiger partial charge in [-0.05, 0) is 30.0 Å². The first-order valence-electron chi connectivity index (χ1n) is 7.52. The highest BCUT2D eigenvalue weighted by Gasteiger charge is 2.17. The first kappa shape index (κ1) is 15.5. The zero-order chi connectivity index (χ0) is 15.4. The van der Waals surface area contributed by atoms with Gasteiger partial charge in [0.25, 0.3) is 0 Å². The summed E-state index contributed by atoms with van der Waals surface area (Å²) in [7, 11) is 0. The average molecular weight is 334 g/mol. The maximum Gasteiger partial charge on any atom is 0.0746 e. The van der Waals surface area contributed by atoms with Crippen LogP contribution in [0.1, 0.15) is 17.4 Å². The smallest absolute Gasteiger partial charge is 0.0746 e. The van der Waals surface area contributed by atoms with Crippen LogP contribution in [-0.4, -0.2) is 41.8 Å². The number of hydrogen-bond donors (Lipinski definition) is 0. The molecule has 3 nitrogen and oxygen atoms in total. The number of rotatable bonds is 4. The van der Waals surface area contributed by atoms with Gasteiger partial charge in [-0.2, -0.15) is 5.10 Å². The fourth-order valence-electron chi connectivity index (χ4n) is 2.61. The van der Waals surface area contributed by atoms with E-state index >= 15 is 0 Å². The van der Waals surface area contributed by atoms with Crippen molar-refractivity contribution in [2.24, 2.45) is 5.10 Å². The van der Waals surface area contributed by atoms with Crippen LogP contribution in [0, 0.1) is 0 Å². The Bertz CT molecular complexity index is 631. The monoisotopic (exact) mass is 333 g/mol. The molecule has 0 N–H and O–H groups in total. The molecule has 0 amide bonds. The molecule has 0 bridgehead atoms. The van der Waals surface area contributed by atoms with Crippen LogP contribution in [0.2, 0.25) is 5.02 Å². The van der Waals surface area contributed by atoms with Gasteiger partial charge in [-0.3, -0.25) is 9.91 Å². The highest BCUT2D eigenvalue weighted by molar-refractivity contribution is 7.12. The summed E-state index contributed by atoms with van der Waals surface area (Å²) in [6.07, 6.45) is 0. The molecule has 2 aromatic rings. The topological polar surface area (TPSA) is 18.8 Å². The molecule has 0 unspecified atom stereocenters. The molecule has 1 aliphatic rings. The summed E-state index contributed by atoms with van der Waals surface area (Å²) in [6, 6.07) is 12.3. The normalized spacial score (nSPS) is 17.0. The summed E-state index contributed by atoms with van der Waals surface area (Å²) < 4.78 is 0. The average Bonchev–Trinajstić information content (AvgIpc) is 3.06. The number of hydrazone groups is 1. The standard InChI is InChI=1S/C17H20ClN3S/c1-14(17-7-4-12-22-17)19-21-10-8-20(9-11-21)13-15-5-2-3-6-16(15)18/h2-7,12H,8-11,13H2,1H3/b19-14+. The first-order valence-corrected chi connectivity index (χ1v) is 8.78. The summed E-state index contributed by atoms with van der Waals surface area (Å²) in [6.45, 7) is 6.97. The number of halogens is 1. The molecule has 1 fully saturated rings. The van der Waals surface area contributed by atoms with Crippen molar-refractivity contribution in [1.82, 2.24) is 9.91 Å². The van der Waals surface area contributed by atoms with Crippen molar-refractivity contribution in [3.63, 3.8) is 0 Å². The number of hydrogen-bond acceptors (Lipinski definition) is 4. The van der Waals surface area contributed by atoms with Gasteiger partial charge in [0, 0.05) is 42.6 Å². The van der Waals surface area contributed by atoms with Gasteiger partial charge in [0.1, 0.15) is 0 Å². The Hall–Kier alpha value is -1.36. The van der Waals surface area contributed by atoms with Crippen molar-refractivity contribution >= 4 is 28.6 Å². The molecule has 0 aliphatic carbocycles. The lowest BCUT2D eigenvalue weighted by Crippen LogP contribution is -2.43. The Labute approximate surface area is 140 Å². The second kappa shape index (κ2) is 7.27. The molecule has 3 rings (SSSR count). The lowest BCUT2D eigenvalue weighted by Gasteiger charge is -2.33. The second-order valence-electron chi connectivity index (χ2n) is 5.48. The van der Waals surface area contributed by atoms with E-state index in [-0.39, 0.29) is 0 Å². The van der Waals surface area contributed by atoms with Crippen molar-refractivity contribution < 1.29 is 0 Å². The van der Waals surface area contributed by atoms with Crippen LogP contribution in [0.5, 0.6) is 0 Å². The summed E-state index contributed by atoms with van der Waals surface area (Å²) in [5.41, 5.74) is 2.31. The molecule has 1 aromatic carbocycles. The molecule has 22 heavy (non-hydrogen) atoms. The van der Waals surface area contributed by atoms with Gasteiger partial charge in [-0.15, -0.1) is 11.3 Å². The Morgan fingerprint density at radius 1 is 1.14 bits per heavy atom. The second-order valence-corrected chi connectivity index (χ2v) is 6.84. The Morgan fingerprint density at radius 3 is 2.59 bits per heavy atom. The molecule has 1 saturated heterocycles. The van der Waals surface area contributed by atoms with Crippen LogP contribution < -0.4 is 0 Å². The molecular weight excluding hydrogens is 314 g/mol. The van der Waals surface area contributed by atoms with Gasteiger partial charge in [-0.1, -0.05) is 35.9 Å². The van der Waals surface area contributed by atoms with E-state index in [1.807, 2.05) is 18.2 Å². The third-order valence-electron chi connectivity index (χ3n) is 3.87. The highest BCUT2D eigenvalue weighted by Crippen LogP contribution is 2.18. The van der Waals surface area contributed by atoms with Crippen molar-refractivity contribution in [2.45, 2.75) is 13.5 Å². The van der Waals surface area contributed by atoms with E-state index < -0.39 is 0 Å². The molecule has 2 heterocycles. The van der Waals surface area contributed by atoms with E-state index in [1.165, 1.54) is 10.4 Å². The largest absolute Gasteiger partial charge is 0.295 e. The number of piperazine rings is 1. The van der Waals surface area contributed by atoms with E-state index in [0.29, 0.717) is 0 Å². The maximum atomic E-state index is 6.24. The SMILES string of the molecule is C/C(=N\N1CCN(Cc2ccccc2Cl)CC1)c1cccs1. The van der Waals surface area contributed by atoms with Crippen molar-refractivity contribution in [3.05, 3.63) is 57.2 Å². The third-order valence-corrected chi connectivity index (χ3v) is 5.22. The van der Waals surface area contributed by atoms with Crippen LogP contribution in [0.4, 0.5) is 0 Å². The van der Waals surface area contributed by atoms with Crippen molar-refractivity contribution in [2.75, 3.05) is 26.2 Å². The lowest BCUT2D eigenvalue weighted by molar-refractivity contribution is 0.130. The predicted molar refractivity (Wildman–Crippen MR) is 94.8 cm³/mol. The summed E-state index contributed by atoms with van der Waals surface area (Å²) in [4.78, 5) is 3.69. The zero-order valence-electron chi connectivity index (χ0n) is 12.7. The van der Waals surface area contributed by atoms with Crippen LogP contribution >= 0.6 is 22.9 Å². The fraction of sp³-hybridized carbons (Fsp3) is 0.353. The van der Waals surface area contributed by atoms with Gasteiger partial charge in [-0.25, -0.2) is 0 Å². The number of benzene rings is 1. The maximum absolute atomic E-state index is 6.24. The van der Waals surface area contributed by atoms with Crippen molar-refractivity contribution in [1.29, 1.82) is 0 Å². The minimum absolute atomic E-state index is 0.858. The summed E-state index contributed by atoms with van der Waals surface area (Å²) in [5, 5.41) is 9.87. The highest BCUT2D eigenvalue weighted by atomic mass is 35.5. The lowest BCUT2D eigenvalue weighted by atomic mass is 10.2. The van der Waals surface area contributed by atoms with E-state index in [1.54, 1.807) is 11.3 Å². The minimum Gasteiger partial charge on any atom is -0.295 e. The van der Waals surface area contributed by atoms with Gasteiger partial charge in [0.15, 0.2) is 0 Å². The van der Waals surface area contributed by atoms with Crippen LogP contribution in [0.3, 0.4) is 0 Å². The van der Waals surface area contributed by atoms with Crippen molar-refractivity contribution in [3.8, 4) is 0 Å². The number of nitrogens with zero attached hydrogens (tertiary/aromatic N) is 3. The molecule has 0 saturated carbocycles. The van der Waals surface area contributed by atoms with E-state index in [9.17, 15) is 0 Å². The summed E-state index contributed by atoms with van der Waals surface area (Å²) in [5.74, 6) is 0. The van der Waals surface area contributed by atoms with Gasteiger partial charge >= 0.3 is 0 Å². The van der Waals surface area contributed by atoms with Gasteiger partial charge in [0.2, 0.25) is 0 Å². The Kier molecular flexibility index (Phi) is 5.13. The molecular formula is C17H20ClN3S.